The Bertz CT molecular complexity index is 1260. The molecule has 2 aliphatic heterocycles. The summed E-state index contributed by atoms with van der Waals surface area (Å²) in [5.74, 6) is 1.78. The third kappa shape index (κ3) is 4.94. The number of nitrogen functional groups attached to an aromatic ring is 1. The van der Waals surface area contributed by atoms with E-state index in [0.717, 1.165) is 43.4 Å². The van der Waals surface area contributed by atoms with Gasteiger partial charge in [0.25, 0.3) is 11.8 Å². The minimum absolute atomic E-state index is 0.0869. The second kappa shape index (κ2) is 10.1. The van der Waals surface area contributed by atoms with E-state index in [1.165, 1.54) is 0 Å². The average molecular weight is 493 g/mol. The summed E-state index contributed by atoms with van der Waals surface area (Å²) in [6, 6.07) is 9.03. The molecule has 36 heavy (non-hydrogen) atoms. The van der Waals surface area contributed by atoms with Crippen LogP contribution >= 0.6 is 0 Å². The smallest absolute Gasteiger partial charge is 0.269 e. The van der Waals surface area contributed by atoms with Gasteiger partial charge in [0.15, 0.2) is 11.5 Å². The lowest BCUT2D eigenvalue weighted by Gasteiger charge is -2.35. The molecule has 0 spiro atoms. The molecule has 10 nitrogen and oxygen atoms in total. The summed E-state index contributed by atoms with van der Waals surface area (Å²) in [5.41, 5.74) is 7.59. The van der Waals surface area contributed by atoms with Crippen molar-refractivity contribution in [1.29, 1.82) is 0 Å². The summed E-state index contributed by atoms with van der Waals surface area (Å²) in [6.45, 7) is 3.72. The molecule has 2 aromatic heterocycles. The van der Waals surface area contributed by atoms with Crippen LogP contribution in [0.2, 0.25) is 0 Å². The molecular formula is C26H32N6O4. The summed E-state index contributed by atoms with van der Waals surface area (Å²) in [4.78, 5) is 35.9. The molecule has 1 aromatic carbocycles. The fourth-order valence-electron chi connectivity index (χ4n) is 4.82. The number of H-pyrrole nitrogens is 1. The van der Waals surface area contributed by atoms with Crippen LogP contribution < -0.4 is 20.5 Å². The van der Waals surface area contributed by atoms with E-state index in [1.54, 1.807) is 37.3 Å². The van der Waals surface area contributed by atoms with Crippen LogP contribution in [0, 0.1) is 5.92 Å². The number of nitrogens with two attached hydrogens (primary N) is 1. The van der Waals surface area contributed by atoms with Crippen LogP contribution in [0.3, 0.4) is 0 Å². The maximum atomic E-state index is 12.4. The lowest BCUT2D eigenvalue weighted by molar-refractivity contribution is 0.0490. The first-order valence-electron chi connectivity index (χ1n) is 12.3. The number of fused-ring (bicyclic) bond motifs is 3. The summed E-state index contributed by atoms with van der Waals surface area (Å²) >= 11 is 0. The van der Waals surface area contributed by atoms with Gasteiger partial charge in [0.05, 0.1) is 11.1 Å². The number of pyridine rings is 1. The van der Waals surface area contributed by atoms with E-state index in [0.29, 0.717) is 41.8 Å². The van der Waals surface area contributed by atoms with Gasteiger partial charge in [-0.15, -0.1) is 0 Å². The van der Waals surface area contributed by atoms with Crippen molar-refractivity contribution in [3.8, 4) is 11.5 Å². The number of anilines is 1. The number of carbonyl (C=O) groups excluding carboxylic acids is 2. The molecule has 1 unspecified atom stereocenters. The molecule has 0 aliphatic carbocycles. The predicted molar refractivity (Wildman–Crippen MR) is 136 cm³/mol. The molecule has 1 atom stereocenters. The Morgan fingerprint density at radius 3 is 2.81 bits per heavy atom. The van der Waals surface area contributed by atoms with Gasteiger partial charge < -0.3 is 30.4 Å². The molecule has 190 valence electrons. The second-order valence-electron chi connectivity index (χ2n) is 9.68. The number of benzene rings is 1. The number of rotatable bonds is 6. The number of nitrogens with one attached hydrogen (secondary N) is 2. The number of hydrogen-bond donors (Lipinski definition) is 3. The zero-order valence-corrected chi connectivity index (χ0v) is 20.6. The first-order chi connectivity index (χ1) is 17.4. The van der Waals surface area contributed by atoms with Crippen molar-refractivity contribution < 1.29 is 19.1 Å². The molecule has 1 saturated heterocycles. The molecule has 2 amide bonds. The second-order valence-corrected chi connectivity index (χ2v) is 9.68. The number of ether oxygens (including phenoxy) is 2. The van der Waals surface area contributed by atoms with Crippen molar-refractivity contribution in [2.45, 2.75) is 18.9 Å². The van der Waals surface area contributed by atoms with Gasteiger partial charge in [0, 0.05) is 38.8 Å². The monoisotopic (exact) mass is 492 g/mol. The van der Waals surface area contributed by atoms with Crippen molar-refractivity contribution in [1.82, 2.24) is 25.1 Å². The van der Waals surface area contributed by atoms with Crippen LogP contribution in [0.4, 0.5) is 5.82 Å². The highest BCUT2D eigenvalue weighted by Gasteiger charge is 2.28. The third-order valence-corrected chi connectivity index (χ3v) is 6.87. The maximum Gasteiger partial charge on any atom is 0.269 e. The summed E-state index contributed by atoms with van der Waals surface area (Å²) in [6.07, 6.45) is 3.46. The van der Waals surface area contributed by atoms with E-state index in [2.05, 4.69) is 20.2 Å². The van der Waals surface area contributed by atoms with E-state index in [9.17, 15) is 9.59 Å². The Labute approximate surface area is 209 Å². The molecule has 4 heterocycles. The van der Waals surface area contributed by atoms with E-state index in [1.807, 2.05) is 18.2 Å². The van der Waals surface area contributed by atoms with Gasteiger partial charge in [-0.25, -0.2) is 4.98 Å². The average Bonchev–Trinajstić information content (AvgIpc) is 3.33. The molecule has 10 heteroatoms. The van der Waals surface area contributed by atoms with Crippen LogP contribution in [-0.4, -0.2) is 84.6 Å². The molecule has 0 saturated carbocycles. The highest BCUT2D eigenvalue weighted by atomic mass is 16.6. The van der Waals surface area contributed by atoms with E-state index < -0.39 is 0 Å². The first-order valence-corrected chi connectivity index (χ1v) is 12.3. The number of nitrogens with zero attached hydrogens (tertiary/aromatic N) is 3. The van der Waals surface area contributed by atoms with E-state index in [-0.39, 0.29) is 23.7 Å². The van der Waals surface area contributed by atoms with Crippen LogP contribution in [0.5, 0.6) is 11.5 Å². The highest BCUT2D eigenvalue weighted by molar-refractivity contribution is 6.00. The van der Waals surface area contributed by atoms with Crippen molar-refractivity contribution in [3.05, 3.63) is 47.8 Å². The first kappa shape index (κ1) is 23.9. The largest absolute Gasteiger partial charge is 0.486 e. The zero-order chi connectivity index (χ0) is 25.2. The Kier molecular flexibility index (Phi) is 6.69. The SMILES string of the molecule is CN(C)C(=O)c1cc2c3c(ccc2[nH]1)OCC(CN1CCC(CNC(=O)c2cccnc2N)CC1)O3. The molecule has 5 rings (SSSR count). The van der Waals surface area contributed by atoms with Crippen LogP contribution in [0.15, 0.2) is 36.5 Å². The predicted octanol–water partition coefficient (Wildman–Crippen LogP) is 2.13. The number of likely N-dealkylation sites (tertiary alicyclic amines) is 1. The van der Waals surface area contributed by atoms with Crippen molar-refractivity contribution in [2.24, 2.45) is 5.92 Å². The van der Waals surface area contributed by atoms with Gasteiger partial charge in [-0.3, -0.25) is 14.5 Å². The third-order valence-electron chi connectivity index (χ3n) is 6.87. The standard InChI is InChI=1S/C26H32N6O4/c1-31(2)26(34)21-12-19-20(30-21)5-6-22-23(19)36-17(15-35-22)14-32-10-7-16(8-11-32)13-29-25(33)18-4-3-9-28-24(18)27/h3-6,9,12,16-17,30H,7-8,10-11,13-15H2,1-2H3,(H2,27,28)(H,29,33). The van der Waals surface area contributed by atoms with E-state index in [4.69, 9.17) is 15.2 Å². The number of aromatic nitrogens is 2. The lowest BCUT2D eigenvalue weighted by atomic mass is 9.96. The molecule has 0 radical (unpaired) electrons. The fourth-order valence-corrected chi connectivity index (χ4v) is 4.82. The molecular weight excluding hydrogens is 460 g/mol. The molecule has 1 fully saturated rings. The van der Waals surface area contributed by atoms with Crippen LogP contribution in [0.25, 0.3) is 10.9 Å². The number of hydrogen-bond acceptors (Lipinski definition) is 7. The maximum absolute atomic E-state index is 12.4. The number of aromatic amines is 1. The number of carbonyl (C=O) groups is 2. The van der Waals surface area contributed by atoms with Crippen molar-refractivity contribution in [2.75, 3.05) is 52.6 Å². The minimum Gasteiger partial charge on any atom is -0.486 e. The summed E-state index contributed by atoms with van der Waals surface area (Å²) < 4.78 is 12.4. The van der Waals surface area contributed by atoms with Crippen LogP contribution in [0.1, 0.15) is 33.7 Å². The number of piperidine rings is 1. The minimum atomic E-state index is -0.180. The van der Waals surface area contributed by atoms with Crippen LogP contribution in [-0.2, 0) is 0 Å². The topological polar surface area (TPSA) is 126 Å². The summed E-state index contributed by atoms with van der Waals surface area (Å²) in [7, 11) is 3.46. The quantitative estimate of drug-likeness (QED) is 0.481. The molecule has 2 aliphatic rings. The van der Waals surface area contributed by atoms with Gasteiger partial charge in [-0.1, -0.05) is 0 Å². The van der Waals surface area contributed by atoms with Gasteiger partial charge in [-0.2, -0.15) is 0 Å². The van der Waals surface area contributed by atoms with Gasteiger partial charge in [0.1, 0.15) is 24.2 Å². The van der Waals surface area contributed by atoms with Gasteiger partial charge in [-0.05, 0) is 62.2 Å². The summed E-state index contributed by atoms with van der Waals surface area (Å²) in [5, 5.41) is 3.85. The Balaban J connectivity index is 1.14. The Morgan fingerprint density at radius 1 is 1.25 bits per heavy atom. The van der Waals surface area contributed by atoms with Crippen molar-refractivity contribution >= 4 is 28.5 Å². The molecule has 3 aromatic rings. The van der Waals surface area contributed by atoms with Gasteiger partial charge in [0.2, 0.25) is 0 Å². The van der Waals surface area contributed by atoms with E-state index >= 15 is 0 Å². The molecule has 0 bridgehead atoms. The lowest BCUT2D eigenvalue weighted by Crippen LogP contribution is -2.45. The highest BCUT2D eigenvalue weighted by Crippen LogP contribution is 2.39. The normalized spacial score (nSPS) is 18.2. The Hall–Kier alpha value is -3.79. The van der Waals surface area contributed by atoms with Crippen molar-refractivity contribution in [3.63, 3.8) is 0 Å². The molecule has 4 N–H and O–H groups in total. The zero-order valence-electron chi connectivity index (χ0n) is 20.6. The Morgan fingerprint density at radius 2 is 2.06 bits per heavy atom. The van der Waals surface area contributed by atoms with Gasteiger partial charge >= 0.3 is 0 Å². The number of amides is 2. The fraction of sp³-hybridized carbons (Fsp3) is 0.423.